The molecule has 1 aromatic carbocycles. The number of aliphatic hydroxyl groups is 1. The average molecular weight is 250 g/mol. The first kappa shape index (κ1) is 11.9. The second-order valence-electron chi connectivity index (χ2n) is 3.51. The summed E-state index contributed by atoms with van der Waals surface area (Å²) in [4.78, 5) is 3.97. The van der Waals surface area contributed by atoms with Crippen LogP contribution in [0.15, 0.2) is 42.6 Å². The molecule has 4 heteroatoms. The lowest BCUT2D eigenvalue weighted by atomic mass is 10.2. The van der Waals surface area contributed by atoms with E-state index >= 15 is 0 Å². The molecule has 1 heterocycles. The van der Waals surface area contributed by atoms with Gasteiger partial charge in [-0.1, -0.05) is 35.9 Å². The maximum Gasteiger partial charge on any atom is 0.135 e. The molecule has 0 aliphatic rings. The maximum absolute atomic E-state index is 9.15. The summed E-state index contributed by atoms with van der Waals surface area (Å²) >= 11 is 5.92. The van der Waals surface area contributed by atoms with E-state index in [9.17, 15) is 0 Å². The van der Waals surface area contributed by atoms with Crippen LogP contribution >= 0.6 is 11.6 Å². The van der Waals surface area contributed by atoms with E-state index in [0.717, 1.165) is 11.1 Å². The van der Waals surface area contributed by atoms with Crippen LogP contribution < -0.4 is 4.74 Å². The van der Waals surface area contributed by atoms with Gasteiger partial charge in [0.15, 0.2) is 0 Å². The van der Waals surface area contributed by atoms with Gasteiger partial charge in [0.2, 0.25) is 0 Å². The van der Waals surface area contributed by atoms with Crippen molar-refractivity contribution >= 4 is 11.6 Å². The smallest absolute Gasteiger partial charge is 0.135 e. The first-order valence-corrected chi connectivity index (χ1v) is 5.60. The third-order valence-corrected chi connectivity index (χ3v) is 2.70. The van der Waals surface area contributed by atoms with Crippen molar-refractivity contribution in [3.63, 3.8) is 0 Å². The van der Waals surface area contributed by atoms with Crippen molar-refractivity contribution in [2.24, 2.45) is 0 Å². The van der Waals surface area contributed by atoms with Gasteiger partial charge in [0.25, 0.3) is 0 Å². The SMILES string of the molecule is OCc1ccccc1OCc1cccnc1Cl. The number of aliphatic hydroxyl groups excluding tert-OH is 1. The second-order valence-corrected chi connectivity index (χ2v) is 3.87. The van der Waals surface area contributed by atoms with Crippen LogP contribution in [0.1, 0.15) is 11.1 Å². The van der Waals surface area contributed by atoms with Crippen LogP contribution in [-0.4, -0.2) is 10.1 Å². The van der Waals surface area contributed by atoms with E-state index in [4.69, 9.17) is 21.4 Å². The highest BCUT2D eigenvalue weighted by Gasteiger charge is 2.04. The number of halogens is 1. The number of hydrogen-bond acceptors (Lipinski definition) is 3. The number of nitrogens with zero attached hydrogens (tertiary/aromatic N) is 1. The van der Waals surface area contributed by atoms with E-state index < -0.39 is 0 Å². The Balaban J connectivity index is 2.10. The number of para-hydroxylation sites is 1. The number of hydrogen-bond donors (Lipinski definition) is 1. The molecule has 0 spiro atoms. The standard InChI is InChI=1S/C13H12ClNO2/c14-13-11(5-3-7-15-13)9-17-12-6-2-1-4-10(12)8-16/h1-7,16H,8-9H2. The largest absolute Gasteiger partial charge is 0.488 e. The van der Waals surface area contributed by atoms with Gasteiger partial charge in [0.05, 0.1) is 6.61 Å². The molecular weight excluding hydrogens is 238 g/mol. The lowest BCUT2D eigenvalue weighted by molar-refractivity contribution is 0.259. The average Bonchev–Trinajstić information content (AvgIpc) is 2.38. The highest BCUT2D eigenvalue weighted by atomic mass is 35.5. The Morgan fingerprint density at radius 3 is 2.65 bits per heavy atom. The molecule has 0 aliphatic heterocycles. The van der Waals surface area contributed by atoms with Crippen LogP contribution in [0.5, 0.6) is 5.75 Å². The Bertz CT molecular complexity index is 502. The van der Waals surface area contributed by atoms with E-state index in [-0.39, 0.29) is 6.61 Å². The van der Waals surface area contributed by atoms with Crippen LogP contribution in [0.25, 0.3) is 0 Å². The van der Waals surface area contributed by atoms with Gasteiger partial charge in [0.1, 0.15) is 17.5 Å². The number of aromatic nitrogens is 1. The molecule has 0 unspecified atom stereocenters. The molecule has 88 valence electrons. The molecular formula is C13H12ClNO2. The molecule has 0 aliphatic carbocycles. The summed E-state index contributed by atoms with van der Waals surface area (Å²) in [5.41, 5.74) is 1.58. The fourth-order valence-electron chi connectivity index (χ4n) is 1.46. The fourth-order valence-corrected chi connectivity index (χ4v) is 1.63. The van der Waals surface area contributed by atoms with Gasteiger partial charge in [-0.05, 0) is 12.1 Å². The van der Waals surface area contributed by atoms with Crippen LogP contribution in [0, 0.1) is 0 Å². The molecule has 2 rings (SSSR count). The van der Waals surface area contributed by atoms with Crippen LogP contribution in [0.2, 0.25) is 5.15 Å². The molecule has 0 saturated carbocycles. The third-order valence-electron chi connectivity index (χ3n) is 2.36. The zero-order valence-electron chi connectivity index (χ0n) is 9.14. The Morgan fingerprint density at radius 1 is 1.12 bits per heavy atom. The lowest BCUT2D eigenvalue weighted by Gasteiger charge is -2.10. The molecule has 17 heavy (non-hydrogen) atoms. The molecule has 2 aromatic rings. The monoisotopic (exact) mass is 249 g/mol. The highest BCUT2D eigenvalue weighted by molar-refractivity contribution is 6.30. The Hall–Kier alpha value is -1.58. The van der Waals surface area contributed by atoms with E-state index in [1.807, 2.05) is 36.4 Å². The summed E-state index contributed by atoms with van der Waals surface area (Å²) in [7, 11) is 0. The van der Waals surface area contributed by atoms with Crippen LogP contribution in [0.4, 0.5) is 0 Å². The first-order valence-electron chi connectivity index (χ1n) is 5.22. The predicted molar refractivity (Wildman–Crippen MR) is 65.9 cm³/mol. The van der Waals surface area contributed by atoms with Crippen molar-refractivity contribution in [2.45, 2.75) is 13.2 Å². The van der Waals surface area contributed by atoms with Gasteiger partial charge in [-0.2, -0.15) is 0 Å². The minimum absolute atomic E-state index is 0.0447. The maximum atomic E-state index is 9.15. The summed E-state index contributed by atoms with van der Waals surface area (Å²) in [6.07, 6.45) is 1.63. The van der Waals surface area contributed by atoms with E-state index in [0.29, 0.717) is 17.5 Å². The molecule has 0 fully saturated rings. The molecule has 0 radical (unpaired) electrons. The van der Waals surface area contributed by atoms with Gasteiger partial charge >= 0.3 is 0 Å². The minimum atomic E-state index is -0.0447. The Kier molecular flexibility index (Phi) is 3.96. The molecule has 0 bridgehead atoms. The molecule has 3 nitrogen and oxygen atoms in total. The molecule has 0 amide bonds. The number of benzene rings is 1. The van der Waals surface area contributed by atoms with Crippen molar-refractivity contribution in [1.29, 1.82) is 0 Å². The van der Waals surface area contributed by atoms with Gasteiger partial charge in [-0.3, -0.25) is 0 Å². The Labute approximate surface area is 105 Å². The van der Waals surface area contributed by atoms with Gasteiger partial charge < -0.3 is 9.84 Å². The third kappa shape index (κ3) is 2.96. The molecule has 1 N–H and O–H groups in total. The van der Waals surface area contributed by atoms with Crippen LogP contribution in [0.3, 0.4) is 0 Å². The summed E-state index contributed by atoms with van der Waals surface area (Å²) in [5.74, 6) is 0.662. The summed E-state index contributed by atoms with van der Waals surface area (Å²) in [6.45, 7) is 0.292. The predicted octanol–water partition coefficient (Wildman–Crippen LogP) is 2.81. The molecule has 0 atom stereocenters. The van der Waals surface area contributed by atoms with E-state index in [1.54, 1.807) is 6.20 Å². The summed E-state index contributed by atoms with van der Waals surface area (Å²) in [6, 6.07) is 11.0. The molecule has 0 saturated heterocycles. The van der Waals surface area contributed by atoms with Crippen molar-refractivity contribution in [2.75, 3.05) is 0 Å². The van der Waals surface area contributed by atoms with Gasteiger partial charge in [-0.25, -0.2) is 4.98 Å². The van der Waals surface area contributed by atoms with E-state index in [2.05, 4.69) is 4.98 Å². The molecule has 1 aromatic heterocycles. The zero-order valence-corrected chi connectivity index (χ0v) is 9.89. The van der Waals surface area contributed by atoms with Gasteiger partial charge in [0, 0.05) is 17.3 Å². The van der Waals surface area contributed by atoms with E-state index in [1.165, 1.54) is 0 Å². The zero-order chi connectivity index (χ0) is 12.1. The fraction of sp³-hybridized carbons (Fsp3) is 0.154. The number of rotatable bonds is 4. The Morgan fingerprint density at radius 2 is 1.88 bits per heavy atom. The minimum Gasteiger partial charge on any atom is -0.488 e. The number of ether oxygens (including phenoxy) is 1. The van der Waals surface area contributed by atoms with Crippen molar-refractivity contribution in [1.82, 2.24) is 4.98 Å². The number of pyridine rings is 1. The topological polar surface area (TPSA) is 42.4 Å². The highest BCUT2D eigenvalue weighted by Crippen LogP contribution is 2.20. The van der Waals surface area contributed by atoms with Crippen molar-refractivity contribution < 1.29 is 9.84 Å². The van der Waals surface area contributed by atoms with Crippen LogP contribution in [-0.2, 0) is 13.2 Å². The lowest BCUT2D eigenvalue weighted by Crippen LogP contribution is -1.99. The second kappa shape index (κ2) is 5.66. The first-order chi connectivity index (χ1) is 8.31. The van der Waals surface area contributed by atoms with Crippen molar-refractivity contribution in [3.05, 3.63) is 58.9 Å². The normalized spacial score (nSPS) is 10.2. The summed E-state index contributed by atoms with van der Waals surface area (Å²) < 4.78 is 5.61. The van der Waals surface area contributed by atoms with Gasteiger partial charge in [-0.15, -0.1) is 0 Å². The van der Waals surface area contributed by atoms with Crippen molar-refractivity contribution in [3.8, 4) is 5.75 Å². The summed E-state index contributed by atoms with van der Waals surface area (Å²) in [5, 5.41) is 9.59. The quantitative estimate of drug-likeness (QED) is 0.848.